The van der Waals surface area contributed by atoms with Gasteiger partial charge in [-0.25, -0.2) is 13.6 Å². The molecule has 0 aromatic carbocycles. The first-order chi connectivity index (χ1) is 8.49. The van der Waals surface area contributed by atoms with E-state index in [0.717, 1.165) is 11.3 Å². The van der Waals surface area contributed by atoms with Crippen molar-refractivity contribution in [2.75, 3.05) is 0 Å². The average Bonchev–Trinajstić information content (AvgIpc) is 2.78. The first-order valence-corrected chi connectivity index (χ1v) is 5.65. The number of hydrogen-bond donors (Lipinski definition) is 2. The van der Waals surface area contributed by atoms with Crippen molar-refractivity contribution in [3.05, 3.63) is 45.2 Å². The van der Waals surface area contributed by atoms with Crippen molar-refractivity contribution in [1.29, 1.82) is 0 Å². The van der Waals surface area contributed by atoms with Crippen LogP contribution >= 0.6 is 11.3 Å². The smallest absolute Gasteiger partial charge is 0.341 e. The minimum atomic E-state index is -2.56. The zero-order valence-corrected chi connectivity index (χ0v) is 9.63. The molecule has 2 rings (SSSR count). The lowest BCUT2D eigenvalue weighted by molar-refractivity contribution is 0.0695. The maximum absolute atomic E-state index is 12.4. The molecule has 18 heavy (non-hydrogen) atoms. The van der Waals surface area contributed by atoms with Crippen LogP contribution in [0.3, 0.4) is 0 Å². The van der Waals surface area contributed by atoms with Gasteiger partial charge in [0.2, 0.25) is 0 Å². The Kier molecular flexibility index (Phi) is 3.24. The number of pyridine rings is 1. The highest BCUT2D eigenvalue weighted by Crippen LogP contribution is 2.33. The molecule has 0 aliphatic carbocycles. The number of aromatic amines is 1. The van der Waals surface area contributed by atoms with Crippen LogP contribution in [0.25, 0.3) is 10.4 Å². The van der Waals surface area contributed by atoms with E-state index < -0.39 is 23.5 Å². The molecule has 0 aliphatic heterocycles. The maximum Gasteiger partial charge on any atom is 0.341 e. The summed E-state index contributed by atoms with van der Waals surface area (Å²) in [5, 5.41) is 8.79. The second-order valence-electron chi connectivity index (χ2n) is 3.44. The van der Waals surface area contributed by atoms with E-state index in [1.807, 2.05) is 0 Å². The number of nitrogens with one attached hydrogen (secondary N) is 1. The lowest BCUT2D eigenvalue weighted by Crippen LogP contribution is -2.16. The van der Waals surface area contributed by atoms with Gasteiger partial charge in [0.15, 0.2) is 0 Å². The predicted octanol–water partition coefficient (Wildman–Crippen LogP) is 2.74. The van der Waals surface area contributed by atoms with E-state index in [2.05, 4.69) is 4.98 Å². The zero-order chi connectivity index (χ0) is 13.3. The van der Waals surface area contributed by atoms with E-state index >= 15 is 0 Å². The van der Waals surface area contributed by atoms with Gasteiger partial charge in [0.1, 0.15) is 5.56 Å². The van der Waals surface area contributed by atoms with Gasteiger partial charge in [-0.15, -0.1) is 11.3 Å². The summed E-state index contributed by atoms with van der Waals surface area (Å²) < 4.78 is 24.9. The second-order valence-corrected chi connectivity index (χ2v) is 4.55. The molecule has 2 aromatic rings. The predicted molar refractivity (Wildman–Crippen MR) is 62.3 cm³/mol. The third-order valence-corrected chi connectivity index (χ3v) is 3.40. The first-order valence-electron chi connectivity index (χ1n) is 4.83. The number of carbonyl (C=O) groups is 1. The summed E-state index contributed by atoms with van der Waals surface area (Å²) in [7, 11) is 0. The molecule has 0 fully saturated rings. The molecule has 0 spiro atoms. The first kappa shape index (κ1) is 12.4. The van der Waals surface area contributed by atoms with Gasteiger partial charge in [0.25, 0.3) is 12.0 Å². The van der Waals surface area contributed by atoms with Gasteiger partial charge in [-0.05, 0) is 18.2 Å². The normalized spacial score (nSPS) is 10.8. The Bertz CT molecular complexity index is 648. The lowest BCUT2D eigenvalue weighted by atomic mass is 10.2. The summed E-state index contributed by atoms with van der Waals surface area (Å²) in [5.41, 5.74) is -0.750. The minimum absolute atomic E-state index is 0.104. The van der Waals surface area contributed by atoms with E-state index in [1.54, 1.807) is 0 Å². The third kappa shape index (κ3) is 2.30. The Morgan fingerprint density at radius 3 is 2.67 bits per heavy atom. The number of hydrogen-bond acceptors (Lipinski definition) is 3. The Labute approximate surface area is 104 Å². The summed E-state index contributed by atoms with van der Waals surface area (Å²) in [5.74, 6) is -1.36. The molecule has 0 amide bonds. The summed E-state index contributed by atoms with van der Waals surface area (Å²) in [4.78, 5) is 24.6. The van der Waals surface area contributed by atoms with Crippen molar-refractivity contribution in [3.63, 3.8) is 0 Å². The fourth-order valence-electron chi connectivity index (χ4n) is 1.41. The molecule has 0 saturated carbocycles. The fourth-order valence-corrected chi connectivity index (χ4v) is 2.26. The maximum atomic E-state index is 12.4. The number of carboxylic acids is 1. The van der Waals surface area contributed by atoms with E-state index in [0.29, 0.717) is 10.4 Å². The van der Waals surface area contributed by atoms with Gasteiger partial charge >= 0.3 is 5.97 Å². The second kappa shape index (κ2) is 4.69. The quantitative estimate of drug-likeness (QED) is 0.901. The van der Waals surface area contributed by atoms with Gasteiger partial charge in [-0.3, -0.25) is 4.79 Å². The number of rotatable bonds is 3. The van der Waals surface area contributed by atoms with Gasteiger partial charge < -0.3 is 10.1 Å². The van der Waals surface area contributed by atoms with Crippen molar-refractivity contribution in [1.82, 2.24) is 4.98 Å². The molecular formula is C11H7F2NO3S. The van der Waals surface area contributed by atoms with Crippen LogP contribution in [0.15, 0.2) is 29.2 Å². The summed E-state index contributed by atoms with van der Waals surface area (Å²) >= 11 is 0.855. The summed E-state index contributed by atoms with van der Waals surface area (Å²) in [6, 6.07) is 3.91. The number of alkyl halides is 2. The van der Waals surface area contributed by atoms with Crippen LogP contribution in [-0.2, 0) is 0 Å². The Morgan fingerprint density at radius 1 is 1.39 bits per heavy atom. The molecule has 0 radical (unpaired) electrons. The molecule has 2 heterocycles. The van der Waals surface area contributed by atoms with Crippen LogP contribution in [0.2, 0.25) is 0 Å². The van der Waals surface area contributed by atoms with Crippen LogP contribution in [0.5, 0.6) is 0 Å². The molecule has 2 N–H and O–H groups in total. The van der Waals surface area contributed by atoms with Crippen LogP contribution in [0.4, 0.5) is 8.78 Å². The number of thiophene rings is 1. The monoisotopic (exact) mass is 271 g/mol. The Hall–Kier alpha value is -2.02. The highest BCUT2D eigenvalue weighted by molar-refractivity contribution is 7.15. The van der Waals surface area contributed by atoms with E-state index in [-0.39, 0.29) is 4.88 Å². The van der Waals surface area contributed by atoms with Crippen molar-refractivity contribution in [3.8, 4) is 10.4 Å². The molecule has 0 aliphatic rings. The summed E-state index contributed by atoms with van der Waals surface area (Å²) in [6.45, 7) is 0. The van der Waals surface area contributed by atoms with E-state index in [4.69, 9.17) is 5.11 Å². The molecular weight excluding hydrogens is 264 g/mol. The molecule has 0 bridgehead atoms. The third-order valence-electron chi connectivity index (χ3n) is 2.26. The highest BCUT2D eigenvalue weighted by Gasteiger charge is 2.14. The van der Waals surface area contributed by atoms with Crippen LogP contribution in [-0.4, -0.2) is 16.1 Å². The standard InChI is InChI=1S/C11H7F2NO3S/c12-9(13)8-2-1-7(18-8)5-3-6(11(16)17)10(15)14-4-5/h1-4,9H,(H,14,15)(H,16,17). The van der Waals surface area contributed by atoms with Crippen molar-refractivity contribution >= 4 is 17.3 Å². The minimum Gasteiger partial charge on any atom is -0.477 e. The number of halogens is 2. The van der Waals surface area contributed by atoms with Gasteiger partial charge in [0, 0.05) is 16.6 Å². The average molecular weight is 271 g/mol. The van der Waals surface area contributed by atoms with E-state index in [9.17, 15) is 18.4 Å². The van der Waals surface area contributed by atoms with Crippen molar-refractivity contribution in [2.24, 2.45) is 0 Å². The van der Waals surface area contributed by atoms with Gasteiger partial charge in [0.05, 0.1) is 4.88 Å². The Balaban J connectivity index is 2.47. The number of carboxylic acid groups (broad SMARTS) is 1. The topological polar surface area (TPSA) is 70.2 Å². The van der Waals surface area contributed by atoms with Crippen molar-refractivity contribution < 1.29 is 18.7 Å². The zero-order valence-electron chi connectivity index (χ0n) is 8.81. The van der Waals surface area contributed by atoms with Crippen LogP contribution in [0.1, 0.15) is 21.7 Å². The molecule has 0 atom stereocenters. The molecule has 0 saturated heterocycles. The SMILES string of the molecule is O=C(O)c1cc(-c2ccc(C(F)F)s2)c[nH]c1=O. The van der Waals surface area contributed by atoms with Gasteiger partial charge in [-0.1, -0.05) is 0 Å². The summed E-state index contributed by atoms with van der Waals surface area (Å²) in [6.07, 6.45) is -1.26. The lowest BCUT2D eigenvalue weighted by Gasteiger charge is -1.99. The fraction of sp³-hybridized carbons (Fsp3) is 0.0909. The molecule has 94 valence electrons. The number of H-pyrrole nitrogens is 1. The number of aromatic carboxylic acids is 1. The van der Waals surface area contributed by atoms with Crippen LogP contribution < -0.4 is 5.56 Å². The van der Waals surface area contributed by atoms with Crippen molar-refractivity contribution in [2.45, 2.75) is 6.43 Å². The highest BCUT2D eigenvalue weighted by atomic mass is 32.1. The Morgan fingerprint density at radius 2 is 2.11 bits per heavy atom. The molecule has 7 heteroatoms. The largest absolute Gasteiger partial charge is 0.477 e. The molecule has 0 unspecified atom stereocenters. The van der Waals surface area contributed by atoms with Crippen LogP contribution in [0, 0.1) is 0 Å². The molecule has 2 aromatic heterocycles. The number of aromatic nitrogens is 1. The van der Waals surface area contributed by atoms with E-state index in [1.165, 1.54) is 24.4 Å². The molecule has 4 nitrogen and oxygen atoms in total. The van der Waals surface area contributed by atoms with Gasteiger partial charge in [-0.2, -0.15) is 0 Å².